The molecule has 0 aliphatic rings. The number of anilines is 1. The van der Waals surface area contributed by atoms with Crippen LogP contribution in [0.1, 0.15) is 65.9 Å². The fraction of sp³-hybridized carbons (Fsp3) is 0.485. The number of carbonyl (C=O) groups excluding carboxylic acids is 5. The molecule has 0 saturated carbocycles. The van der Waals surface area contributed by atoms with Crippen LogP contribution >= 0.6 is 0 Å². The first-order valence-electron chi connectivity index (χ1n) is 15.9. The van der Waals surface area contributed by atoms with Crippen molar-refractivity contribution in [2.75, 3.05) is 18.5 Å². The van der Waals surface area contributed by atoms with Gasteiger partial charge in [-0.3, -0.25) is 24.5 Å². The normalized spacial score (nSPS) is 12.3. The van der Waals surface area contributed by atoms with E-state index >= 15 is 0 Å². The van der Waals surface area contributed by atoms with E-state index < -0.39 is 46.6 Å². The van der Waals surface area contributed by atoms with Crippen LogP contribution in [-0.2, 0) is 30.5 Å². The summed E-state index contributed by atoms with van der Waals surface area (Å²) in [7, 11) is 0. The highest BCUT2D eigenvalue weighted by atomic mass is 16.7. The molecule has 0 aromatic heterocycles. The van der Waals surface area contributed by atoms with Gasteiger partial charge in [-0.1, -0.05) is 26.0 Å². The first kappa shape index (κ1) is 39.9. The molecule has 268 valence electrons. The number of hydrogen-bond acceptors (Lipinski definition) is 10. The summed E-state index contributed by atoms with van der Waals surface area (Å²) in [6.45, 7) is 9.73. The molecule has 16 nitrogen and oxygen atoms in total. The second-order valence-corrected chi connectivity index (χ2v) is 12.1. The quantitative estimate of drug-likeness (QED) is 0.0470. The molecule has 0 heterocycles. The van der Waals surface area contributed by atoms with Gasteiger partial charge in [0, 0.05) is 37.4 Å². The van der Waals surface area contributed by atoms with Crippen LogP contribution in [0.5, 0.6) is 5.75 Å². The van der Waals surface area contributed by atoms with E-state index in [9.17, 15) is 34.1 Å². The fourth-order valence-corrected chi connectivity index (χ4v) is 4.52. The first-order valence-corrected chi connectivity index (χ1v) is 15.9. The maximum Gasteiger partial charge on any atom is 0.514 e. The molecule has 0 aliphatic heterocycles. The highest BCUT2D eigenvalue weighted by Crippen LogP contribution is 2.19. The zero-order valence-corrected chi connectivity index (χ0v) is 28.4. The molecule has 2 aromatic carbocycles. The maximum absolute atomic E-state index is 13.4. The molecule has 2 aromatic rings. The standard InChI is InChI=1S/C33H46N6O10/c1-6-48-33(4,5)18-17-27(40)38-28(21(2)3)30(42)37-26(8-7-19-35-31(34)43)29(41)36-23-11-9-22(10-12-23)20-47-32(44)49-25-15-13-24(14-16-25)39(45)46/h9-16,21,26,28H,6-8,17-20H2,1-5H3,(H,36,41)(H,37,42)(H,38,40)(H3,34,35,43)/t26-,28?/m0/s1. The molecule has 2 atom stereocenters. The summed E-state index contributed by atoms with van der Waals surface area (Å²) in [4.78, 5) is 72.8. The highest BCUT2D eigenvalue weighted by molar-refractivity contribution is 5.98. The average molecular weight is 687 g/mol. The van der Waals surface area contributed by atoms with E-state index in [1.54, 1.807) is 38.1 Å². The van der Waals surface area contributed by atoms with E-state index in [0.717, 1.165) is 0 Å². The number of nitrogens with zero attached hydrogens (tertiary/aromatic N) is 1. The monoisotopic (exact) mass is 686 g/mol. The number of ether oxygens (including phenoxy) is 3. The Labute approximate surface area is 284 Å². The first-order chi connectivity index (χ1) is 23.1. The molecule has 5 amide bonds. The number of benzene rings is 2. The second-order valence-electron chi connectivity index (χ2n) is 12.1. The molecule has 1 unspecified atom stereocenters. The van der Waals surface area contributed by atoms with Gasteiger partial charge in [0.2, 0.25) is 17.7 Å². The summed E-state index contributed by atoms with van der Waals surface area (Å²) >= 11 is 0. The van der Waals surface area contributed by atoms with Crippen LogP contribution in [0, 0.1) is 16.0 Å². The van der Waals surface area contributed by atoms with Gasteiger partial charge in [0.25, 0.3) is 5.69 Å². The second kappa shape index (κ2) is 19.5. The SMILES string of the molecule is CCOC(C)(C)CCC(=O)NC(C(=O)N[C@@H](CCCNC(N)=O)C(=O)Nc1ccc(COC(=O)Oc2ccc([N+](=O)[O-])cc2)cc1)C(C)C. The number of rotatable bonds is 19. The van der Waals surface area contributed by atoms with Crippen molar-refractivity contribution in [2.24, 2.45) is 11.7 Å². The third-order valence-corrected chi connectivity index (χ3v) is 7.18. The predicted octanol–water partition coefficient (Wildman–Crippen LogP) is 3.92. The fourth-order valence-electron chi connectivity index (χ4n) is 4.52. The van der Waals surface area contributed by atoms with Gasteiger partial charge >= 0.3 is 12.2 Å². The van der Waals surface area contributed by atoms with E-state index in [1.165, 1.54) is 24.3 Å². The van der Waals surface area contributed by atoms with Crippen molar-refractivity contribution >= 4 is 41.3 Å². The van der Waals surface area contributed by atoms with E-state index in [0.29, 0.717) is 30.7 Å². The van der Waals surface area contributed by atoms with Gasteiger partial charge in [-0.15, -0.1) is 0 Å². The summed E-state index contributed by atoms with van der Waals surface area (Å²) in [5, 5.41) is 21.5. The molecule has 49 heavy (non-hydrogen) atoms. The van der Waals surface area contributed by atoms with Gasteiger partial charge < -0.3 is 41.2 Å². The molecule has 0 spiro atoms. The lowest BCUT2D eigenvalue weighted by atomic mass is 9.99. The van der Waals surface area contributed by atoms with Crippen LogP contribution < -0.4 is 31.7 Å². The Hall–Kier alpha value is -5.25. The number of nitro groups is 1. The van der Waals surface area contributed by atoms with Gasteiger partial charge in [0.15, 0.2) is 0 Å². The van der Waals surface area contributed by atoms with Gasteiger partial charge in [-0.05, 0) is 75.8 Å². The zero-order chi connectivity index (χ0) is 36.6. The molecule has 0 radical (unpaired) electrons. The van der Waals surface area contributed by atoms with Crippen molar-refractivity contribution in [1.29, 1.82) is 0 Å². The van der Waals surface area contributed by atoms with Gasteiger partial charge in [-0.2, -0.15) is 0 Å². The van der Waals surface area contributed by atoms with E-state index in [2.05, 4.69) is 21.3 Å². The van der Waals surface area contributed by atoms with Gasteiger partial charge in [0.1, 0.15) is 24.4 Å². The minimum Gasteiger partial charge on any atom is -0.429 e. The van der Waals surface area contributed by atoms with Crippen LogP contribution in [-0.4, -0.2) is 65.7 Å². The lowest BCUT2D eigenvalue weighted by molar-refractivity contribution is -0.384. The molecule has 0 fully saturated rings. The summed E-state index contributed by atoms with van der Waals surface area (Å²) in [5.74, 6) is -1.61. The zero-order valence-electron chi connectivity index (χ0n) is 28.4. The molecule has 2 rings (SSSR count). The third-order valence-electron chi connectivity index (χ3n) is 7.18. The topological polar surface area (TPSA) is 230 Å². The van der Waals surface area contributed by atoms with E-state index in [1.807, 2.05) is 20.8 Å². The summed E-state index contributed by atoms with van der Waals surface area (Å²) in [6, 6.07) is 8.64. The van der Waals surface area contributed by atoms with Crippen molar-refractivity contribution < 1.29 is 43.1 Å². The number of urea groups is 1. The lowest BCUT2D eigenvalue weighted by Gasteiger charge is -2.27. The number of non-ortho nitro benzene ring substituents is 1. The highest BCUT2D eigenvalue weighted by Gasteiger charge is 2.29. The van der Waals surface area contributed by atoms with Crippen LogP contribution in [0.15, 0.2) is 48.5 Å². The van der Waals surface area contributed by atoms with Gasteiger partial charge in [-0.25, -0.2) is 9.59 Å². The summed E-state index contributed by atoms with van der Waals surface area (Å²) in [5.41, 5.74) is 5.44. The minimum absolute atomic E-state index is 0.0735. The van der Waals surface area contributed by atoms with E-state index in [4.69, 9.17) is 19.9 Å². The Bertz CT molecular complexity index is 1430. The molecular formula is C33H46N6O10. The van der Waals surface area contributed by atoms with Crippen LogP contribution in [0.3, 0.4) is 0 Å². The number of amides is 5. The molecular weight excluding hydrogens is 640 g/mol. The molecule has 16 heteroatoms. The number of nitrogens with two attached hydrogens (primary N) is 1. The summed E-state index contributed by atoms with van der Waals surface area (Å²) in [6.07, 6.45) is 0.0595. The Morgan fingerprint density at radius 2 is 1.61 bits per heavy atom. The lowest BCUT2D eigenvalue weighted by Crippen LogP contribution is -2.54. The molecule has 0 saturated heterocycles. The predicted molar refractivity (Wildman–Crippen MR) is 179 cm³/mol. The largest absolute Gasteiger partial charge is 0.514 e. The number of nitrogens with one attached hydrogen (secondary N) is 4. The van der Waals surface area contributed by atoms with Crippen molar-refractivity contribution in [1.82, 2.24) is 16.0 Å². The Kier molecular flexibility index (Phi) is 15.9. The maximum atomic E-state index is 13.4. The van der Waals surface area contributed by atoms with Gasteiger partial charge in [0.05, 0.1) is 10.5 Å². The van der Waals surface area contributed by atoms with Crippen molar-refractivity contribution in [3.8, 4) is 5.75 Å². The number of primary amides is 1. The van der Waals surface area contributed by atoms with Crippen molar-refractivity contribution in [3.63, 3.8) is 0 Å². The Morgan fingerprint density at radius 1 is 0.959 bits per heavy atom. The average Bonchev–Trinajstić information content (AvgIpc) is 3.03. The smallest absolute Gasteiger partial charge is 0.429 e. The van der Waals surface area contributed by atoms with Crippen LogP contribution in [0.2, 0.25) is 0 Å². The number of nitro benzene ring substituents is 1. The van der Waals surface area contributed by atoms with Crippen LogP contribution in [0.4, 0.5) is 21.0 Å². The van der Waals surface area contributed by atoms with Crippen LogP contribution in [0.25, 0.3) is 0 Å². The number of hydrogen-bond donors (Lipinski definition) is 5. The van der Waals surface area contributed by atoms with E-state index in [-0.39, 0.29) is 49.3 Å². The Balaban J connectivity index is 2.01. The molecule has 6 N–H and O–H groups in total. The van der Waals surface area contributed by atoms with Crippen molar-refractivity contribution in [3.05, 3.63) is 64.2 Å². The van der Waals surface area contributed by atoms with Crippen molar-refractivity contribution in [2.45, 2.75) is 84.6 Å². The third kappa shape index (κ3) is 15.0. The molecule has 0 bridgehead atoms. The molecule has 0 aliphatic carbocycles. The number of carbonyl (C=O) groups is 5. The minimum atomic E-state index is -1.02. The summed E-state index contributed by atoms with van der Waals surface area (Å²) < 4.78 is 15.8. The Morgan fingerprint density at radius 3 is 2.18 bits per heavy atom.